The molecule has 0 aliphatic carbocycles. The Bertz CT molecular complexity index is 558. The highest BCUT2D eigenvalue weighted by atomic mass is 35.5. The van der Waals surface area contributed by atoms with Crippen LogP contribution in [0, 0.1) is 11.3 Å². The molecule has 1 unspecified atom stereocenters. The third-order valence-electron chi connectivity index (χ3n) is 2.59. The molecule has 0 aliphatic heterocycles. The van der Waals surface area contributed by atoms with Crippen LogP contribution in [-0.2, 0) is 6.42 Å². The van der Waals surface area contributed by atoms with Gasteiger partial charge in [-0.2, -0.15) is 5.26 Å². The maximum Gasteiger partial charge on any atom is 0.101 e. The Hall–Kier alpha value is -1.50. The number of nitriles is 1. The van der Waals surface area contributed by atoms with Gasteiger partial charge < -0.3 is 5.32 Å². The molecular formula is C14H13ClN2S. The summed E-state index contributed by atoms with van der Waals surface area (Å²) in [5, 5.41) is 15.1. The van der Waals surface area contributed by atoms with Crippen LogP contribution in [-0.4, -0.2) is 6.04 Å². The van der Waals surface area contributed by atoms with Crippen molar-refractivity contribution in [1.82, 2.24) is 0 Å². The Morgan fingerprint density at radius 1 is 1.44 bits per heavy atom. The van der Waals surface area contributed by atoms with Crippen molar-refractivity contribution in [3.05, 3.63) is 51.2 Å². The van der Waals surface area contributed by atoms with Crippen molar-refractivity contribution >= 4 is 28.6 Å². The van der Waals surface area contributed by atoms with Gasteiger partial charge >= 0.3 is 0 Å². The van der Waals surface area contributed by atoms with Gasteiger partial charge in [0.05, 0.1) is 11.3 Å². The van der Waals surface area contributed by atoms with Crippen molar-refractivity contribution in [2.24, 2.45) is 0 Å². The van der Waals surface area contributed by atoms with E-state index >= 15 is 0 Å². The molecule has 1 aromatic carbocycles. The van der Waals surface area contributed by atoms with Crippen molar-refractivity contribution in [3.63, 3.8) is 0 Å². The Morgan fingerprint density at radius 3 is 2.94 bits per heavy atom. The van der Waals surface area contributed by atoms with E-state index < -0.39 is 0 Å². The molecule has 1 N–H and O–H groups in total. The summed E-state index contributed by atoms with van der Waals surface area (Å²) in [7, 11) is 0. The lowest BCUT2D eigenvalue weighted by molar-refractivity contribution is 0.800. The molecule has 2 rings (SSSR count). The second-order valence-corrected chi connectivity index (χ2v) is 5.60. The van der Waals surface area contributed by atoms with E-state index in [-0.39, 0.29) is 6.04 Å². The summed E-state index contributed by atoms with van der Waals surface area (Å²) in [6.07, 6.45) is 0.950. The minimum Gasteiger partial charge on any atom is -0.381 e. The molecule has 1 aromatic heterocycles. The number of halogens is 1. The smallest absolute Gasteiger partial charge is 0.101 e. The summed E-state index contributed by atoms with van der Waals surface area (Å²) >= 11 is 7.62. The van der Waals surface area contributed by atoms with Gasteiger partial charge in [-0.05, 0) is 36.6 Å². The number of hydrogen-bond acceptors (Lipinski definition) is 3. The molecular weight excluding hydrogens is 264 g/mol. The highest BCUT2D eigenvalue weighted by molar-refractivity contribution is 7.09. The van der Waals surface area contributed by atoms with E-state index in [4.69, 9.17) is 16.9 Å². The third kappa shape index (κ3) is 3.25. The Balaban J connectivity index is 2.07. The number of nitrogens with zero attached hydrogens (tertiary/aromatic N) is 1. The molecule has 2 aromatic rings. The molecule has 0 saturated carbocycles. The normalized spacial score (nSPS) is 11.8. The molecule has 92 valence electrons. The SMILES string of the molecule is CC(Cc1cccs1)Nc1ccc(Cl)cc1C#N. The van der Waals surface area contributed by atoms with Crippen molar-refractivity contribution in [3.8, 4) is 6.07 Å². The Labute approximate surface area is 116 Å². The molecule has 0 radical (unpaired) electrons. The zero-order valence-electron chi connectivity index (χ0n) is 9.98. The summed E-state index contributed by atoms with van der Waals surface area (Å²) < 4.78 is 0. The molecule has 0 spiro atoms. The van der Waals surface area contributed by atoms with Crippen molar-refractivity contribution in [1.29, 1.82) is 5.26 Å². The van der Waals surface area contributed by atoms with Gasteiger partial charge in [-0.15, -0.1) is 11.3 Å². The molecule has 1 atom stereocenters. The second kappa shape index (κ2) is 5.90. The maximum absolute atomic E-state index is 9.07. The summed E-state index contributed by atoms with van der Waals surface area (Å²) in [5.74, 6) is 0. The van der Waals surface area contributed by atoms with Gasteiger partial charge in [-0.3, -0.25) is 0 Å². The van der Waals surface area contributed by atoms with E-state index in [1.165, 1.54) is 4.88 Å². The first-order valence-corrected chi connectivity index (χ1v) is 6.93. The molecule has 1 heterocycles. The number of thiophene rings is 1. The van der Waals surface area contributed by atoms with Crippen LogP contribution in [0.5, 0.6) is 0 Å². The molecule has 0 bridgehead atoms. The van der Waals surface area contributed by atoms with Crippen molar-refractivity contribution < 1.29 is 0 Å². The van der Waals surface area contributed by atoms with Gasteiger partial charge in [0, 0.05) is 22.4 Å². The van der Waals surface area contributed by atoms with E-state index in [2.05, 4.69) is 35.8 Å². The largest absolute Gasteiger partial charge is 0.381 e. The topological polar surface area (TPSA) is 35.8 Å². The van der Waals surface area contributed by atoms with Crippen LogP contribution in [0.2, 0.25) is 5.02 Å². The standard InChI is InChI=1S/C14H13ClN2S/c1-10(7-13-3-2-6-18-13)17-14-5-4-12(15)8-11(14)9-16/h2-6,8,10,17H,7H2,1H3. The van der Waals surface area contributed by atoms with E-state index in [1.807, 2.05) is 6.07 Å². The number of rotatable bonds is 4. The highest BCUT2D eigenvalue weighted by Gasteiger charge is 2.08. The van der Waals surface area contributed by atoms with Crippen LogP contribution in [0.4, 0.5) is 5.69 Å². The van der Waals surface area contributed by atoms with Gasteiger partial charge in [-0.25, -0.2) is 0 Å². The van der Waals surface area contributed by atoms with E-state index in [1.54, 1.807) is 23.5 Å². The number of hydrogen-bond donors (Lipinski definition) is 1. The van der Waals surface area contributed by atoms with E-state index in [0.717, 1.165) is 12.1 Å². The van der Waals surface area contributed by atoms with Gasteiger partial charge in [0.15, 0.2) is 0 Å². The minimum atomic E-state index is 0.275. The minimum absolute atomic E-state index is 0.275. The Morgan fingerprint density at radius 2 is 2.28 bits per heavy atom. The molecule has 18 heavy (non-hydrogen) atoms. The second-order valence-electron chi connectivity index (χ2n) is 4.13. The quantitative estimate of drug-likeness (QED) is 0.903. The lowest BCUT2D eigenvalue weighted by atomic mass is 10.1. The van der Waals surface area contributed by atoms with E-state index in [0.29, 0.717) is 10.6 Å². The first kappa shape index (κ1) is 12.9. The van der Waals surface area contributed by atoms with Crippen LogP contribution in [0.1, 0.15) is 17.4 Å². The predicted octanol–water partition coefficient (Wildman–Crippen LogP) is 4.32. The number of benzene rings is 1. The summed E-state index contributed by atoms with van der Waals surface area (Å²) in [4.78, 5) is 1.34. The first-order chi connectivity index (χ1) is 8.69. The third-order valence-corrected chi connectivity index (χ3v) is 3.73. The Kier molecular flexibility index (Phi) is 4.24. The van der Waals surface area contributed by atoms with Crippen LogP contribution in [0.15, 0.2) is 35.7 Å². The highest BCUT2D eigenvalue weighted by Crippen LogP contribution is 2.21. The first-order valence-electron chi connectivity index (χ1n) is 5.67. The zero-order valence-corrected chi connectivity index (χ0v) is 11.6. The van der Waals surface area contributed by atoms with Gasteiger partial charge in [0.2, 0.25) is 0 Å². The lowest BCUT2D eigenvalue weighted by Crippen LogP contribution is -2.18. The lowest BCUT2D eigenvalue weighted by Gasteiger charge is -2.15. The molecule has 0 aliphatic rings. The summed E-state index contributed by atoms with van der Waals surface area (Å²) in [6, 6.07) is 11.9. The molecule has 0 fully saturated rings. The zero-order chi connectivity index (χ0) is 13.0. The predicted molar refractivity (Wildman–Crippen MR) is 77.3 cm³/mol. The maximum atomic E-state index is 9.07. The molecule has 4 heteroatoms. The van der Waals surface area contributed by atoms with Crippen molar-refractivity contribution in [2.45, 2.75) is 19.4 Å². The van der Waals surface area contributed by atoms with Crippen molar-refractivity contribution in [2.75, 3.05) is 5.32 Å². The fourth-order valence-corrected chi connectivity index (χ4v) is 2.79. The molecule has 0 saturated heterocycles. The van der Waals surface area contributed by atoms with Gasteiger partial charge in [0.25, 0.3) is 0 Å². The van der Waals surface area contributed by atoms with Crippen LogP contribution in [0.3, 0.4) is 0 Å². The summed E-state index contributed by atoms with van der Waals surface area (Å²) in [6.45, 7) is 2.11. The number of anilines is 1. The fraction of sp³-hybridized carbons (Fsp3) is 0.214. The van der Waals surface area contributed by atoms with Crippen LogP contribution >= 0.6 is 22.9 Å². The average molecular weight is 277 g/mol. The monoisotopic (exact) mass is 276 g/mol. The average Bonchev–Trinajstić information content (AvgIpc) is 2.84. The van der Waals surface area contributed by atoms with Gasteiger partial charge in [-0.1, -0.05) is 17.7 Å². The molecule has 2 nitrogen and oxygen atoms in total. The van der Waals surface area contributed by atoms with Crippen LogP contribution < -0.4 is 5.32 Å². The van der Waals surface area contributed by atoms with Gasteiger partial charge in [0.1, 0.15) is 6.07 Å². The van der Waals surface area contributed by atoms with Crippen LogP contribution in [0.25, 0.3) is 0 Å². The number of nitrogens with one attached hydrogen (secondary N) is 1. The molecule has 0 amide bonds. The summed E-state index contributed by atoms with van der Waals surface area (Å²) in [5.41, 5.74) is 1.42. The fourth-order valence-electron chi connectivity index (χ4n) is 1.78. The van der Waals surface area contributed by atoms with E-state index in [9.17, 15) is 0 Å².